The molecule has 44 heavy (non-hydrogen) atoms. The predicted octanol–water partition coefficient (Wildman–Crippen LogP) is 4.59. The zero-order chi connectivity index (χ0) is 30.8. The first kappa shape index (κ1) is 29.0. The number of ether oxygens (including phenoxy) is 2. The fraction of sp³-hybridized carbons (Fsp3) is 0.176. The third-order valence-electron chi connectivity index (χ3n) is 7.27. The Morgan fingerprint density at radius 1 is 0.955 bits per heavy atom. The Labute approximate surface area is 255 Å². The van der Waals surface area contributed by atoms with E-state index in [1.165, 1.54) is 28.0 Å². The number of benzene rings is 3. The normalized spacial score (nSPS) is 14.8. The number of para-hydroxylation sites is 1. The van der Waals surface area contributed by atoms with Crippen LogP contribution in [0.2, 0.25) is 0 Å². The topological polar surface area (TPSA) is 91.9 Å². The Morgan fingerprint density at radius 2 is 1.66 bits per heavy atom. The Hall–Kier alpha value is -5.09. The second-order valence-electron chi connectivity index (χ2n) is 10.0. The first-order valence-electron chi connectivity index (χ1n) is 14.2. The lowest BCUT2D eigenvalue weighted by Gasteiger charge is -2.25. The first-order valence-corrected chi connectivity index (χ1v) is 15.0. The maximum absolute atomic E-state index is 14.2. The second-order valence-corrected chi connectivity index (χ2v) is 11.0. The van der Waals surface area contributed by atoms with E-state index < -0.39 is 17.8 Å². The molecule has 1 aliphatic heterocycles. The molecule has 10 heteroatoms. The van der Waals surface area contributed by atoms with E-state index in [9.17, 15) is 18.8 Å². The standard InChI is InChI=1S/C34H28FN3O5S/c1-3-42-28(39)20-37-19-23(25-12-8-9-13-26(25)37)18-27-32(40)38-31(22-14-16-24(35)17-15-22)29(33(41)43-4-2)30(36-34(38)44-27)21-10-6-5-7-11-21/h5-19,31H,3-4,20H2,1-2H3/b27-18-/t31-/m1/s1. The van der Waals surface area contributed by atoms with E-state index in [2.05, 4.69) is 0 Å². The molecule has 8 nitrogen and oxygen atoms in total. The van der Waals surface area contributed by atoms with Crippen molar-refractivity contribution in [1.82, 2.24) is 9.13 Å². The van der Waals surface area contributed by atoms with Crippen molar-refractivity contribution < 1.29 is 23.5 Å². The average molecular weight is 610 g/mol. The minimum absolute atomic E-state index is 0.0251. The van der Waals surface area contributed by atoms with Crippen LogP contribution in [0.1, 0.15) is 36.6 Å². The summed E-state index contributed by atoms with van der Waals surface area (Å²) in [6, 6.07) is 21.6. The van der Waals surface area contributed by atoms with Gasteiger partial charge in [0.05, 0.1) is 35.1 Å². The van der Waals surface area contributed by atoms with Crippen LogP contribution in [-0.2, 0) is 25.6 Å². The van der Waals surface area contributed by atoms with Crippen molar-refractivity contribution in [2.24, 2.45) is 4.99 Å². The third kappa shape index (κ3) is 5.40. The number of carbonyl (C=O) groups is 2. The van der Waals surface area contributed by atoms with Gasteiger partial charge in [-0.05, 0) is 43.7 Å². The highest BCUT2D eigenvalue weighted by Crippen LogP contribution is 2.35. The predicted molar refractivity (Wildman–Crippen MR) is 166 cm³/mol. The molecule has 1 atom stereocenters. The van der Waals surface area contributed by atoms with Crippen LogP contribution in [0.25, 0.3) is 22.7 Å². The molecule has 5 aromatic rings. The van der Waals surface area contributed by atoms with Crippen molar-refractivity contribution >= 4 is 46.0 Å². The minimum atomic E-state index is -0.909. The van der Waals surface area contributed by atoms with Crippen LogP contribution in [0.15, 0.2) is 100 Å². The van der Waals surface area contributed by atoms with Crippen molar-refractivity contribution in [2.45, 2.75) is 26.4 Å². The lowest BCUT2D eigenvalue weighted by atomic mass is 9.93. The van der Waals surface area contributed by atoms with Gasteiger partial charge in [-0.2, -0.15) is 0 Å². The fourth-order valence-corrected chi connectivity index (χ4v) is 6.40. The van der Waals surface area contributed by atoms with E-state index in [1.807, 2.05) is 60.8 Å². The van der Waals surface area contributed by atoms with Crippen LogP contribution in [0.4, 0.5) is 4.39 Å². The molecule has 0 bridgehead atoms. The maximum Gasteiger partial charge on any atom is 0.338 e. The molecule has 0 fully saturated rings. The molecule has 0 spiro atoms. The lowest BCUT2D eigenvalue weighted by Crippen LogP contribution is -2.40. The van der Waals surface area contributed by atoms with Gasteiger partial charge in [0, 0.05) is 28.2 Å². The smallest absolute Gasteiger partial charge is 0.338 e. The van der Waals surface area contributed by atoms with Crippen molar-refractivity contribution in [3.63, 3.8) is 0 Å². The van der Waals surface area contributed by atoms with Gasteiger partial charge in [-0.25, -0.2) is 14.2 Å². The molecular formula is C34H28FN3O5S. The number of nitrogens with zero attached hydrogens (tertiary/aromatic N) is 3. The largest absolute Gasteiger partial charge is 0.465 e. The fourth-order valence-electron chi connectivity index (χ4n) is 5.41. The number of carbonyl (C=O) groups excluding carboxylic acids is 2. The molecular weight excluding hydrogens is 581 g/mol. The summed E-state index contributed by atoms with van der Waals surface area (Å²) < 4.78 is 28.3. The van der Waals surface area contributed by atoms with Gasteiger partial charge in [0.25, 0.3) is 5.56 Å². The van der Waals surface area contributed by atoms with E-state index in [1.54, 1.807) is 36.6 Å². The summed E-state index contributed by atoms with van der Waals surface area (Å²) in [5, 5.41) is 0.856. The Bertz CT molecular complexity index is 2090. The maximum atomic E-state index is 14.2. The van der Waals surface area contributed by atoms with Gasteiger partial charge in [-0.3, -0.25) is 14.2 Å². The molecule has 0 aliphatic carbocycles. The second kappa shape index (κ2) is 12.3. The summed E-state index contributed by atoms with van der Waals surface area (Å²) in [6.45, 7) is 3.89. The summed E-state index contributed by atoms with van der Waals surface area (Å²) in [5.74, 6) is -1.41. The number of rotatable bonds is 8. The lowest BCUT2D eigenvalue weighted by molar-refractivity contribution is -0.143. The summed E-state index contributed by atoms with van der Waals surface area (Å²) in [5.41, 5.74) is 2.99. The van der Waals surface area contributed by atoms with Crippen LogP contribution < -0.4 is 14.9 Å². The summed E-state index contributed by atoms with van der Waals surface area (Å²) in [6.07, 6.45) is 3.59. The molecule has 0 unspecified atom stereocenters. The molecule has 222 valence electrons. The summed E-state index contributed by atoms with van der Waals surface area (Å²) in [7, 11) is 0. The molecule has 0 radical (unpaired) electrons. The van der Waals surface area contributed by atoms with Crippen LogP contribution in [0, 0.1) is 5.82 Å². The van der Waals surface area contributed by atoms with Crippen LogP contribution in [0.5, 0.6) is 0 Å². The van der Waals surface area contributed by atoms with Crippen molar-refractivity contribution in [3.05, 3.63) is 133 Å². The third-order valence-corrected chi connectivity index (χ3v) is 8.25. The van der Waals surface area contributed by atoms with E-state index >= 15 is 0 Å². The van der Waals surface area contributed by atoms with Gasteiger partial charge in [0.15, 0.2) is 4.80 Å². The SMILES string of the molecule is CCOC(=O)Cn1cc(/C=c2\sc3n(c2=O)[C@H](c2ccc(F)cc2)C(C(=O)OCC)=C(c2ccccc2)N=3)c2ccccc21. The number of aromatic nitrogens is 2. The molecule has 2 aromatic heterocycles. The molecule has 1 aliphatic rings. The van der Waals surface area contributed by atoms with E-state index in [-0.39, 0.29) is 36.9 Å². The molecule has 0 N–H and O–H groups in total. The molecule has 3 heterocycles. The van der Waals surface area contributed by atoms with E-state index in [4.69, 9.17) is 14.5 Å². The Balaban J connectivity index is 1.59. The van der Waals surface area contributed by atoms with E-state index in [0.717, 1.165) is 16.5 Å². The summed E-state index contributed by atoms with van der Waals surface area (Å²) in [4.78, 5) is 45.3. The number of fused-ring (bicyclic) bond motifs is 2. The van der Waals surface area contributed by atoms with Gasteiger partial charge >= 0.3 is 11.9 Å². The number of esters is 2. The number of hydrogen-bond acceptors (Lipinski definition) is 7. The Kier molecular flexibility index (Phi) is 8.08. The number of thiazole rings is 1. The minimum Gasteiger partial charge on any atom is -0.465 e. The van der Waals surface area contributed by atoms with Gasteiger partial charge in [-0.15, -0.1) is 0 Å². The zero-order valence-electron chi connectivity index (χ0n) is 24.0. The van der Waals surface area contributed by atoms with Crippen LogP contribution in [0.3, 0.4) is 0 Å². The highest BCUT2D eigenvalue weighted by atomic mass is 32.1. The van der Waals surface area contributed by atoms with Crippen molar-refractivity contribution in [1.29, 1.82) is 0 Å². The molecule has 0 saturated heterocycles. The molecule has 0 saturated carbocycles. The van der Waals surface area contributed by atoms with Crippen LogP contribution >= 0.6 is 11.3 Å². The molecule has 3 aromatic carbocycles. The summed E-state index contributed by atoms with van der Waals surface area (Å²) >= 11 is 1.19. The van der Waals surface area contributed by atoms with Gasteiger partial charge in [0.1, 0.15) is 12.4 Å². The van der Waals surface area contributed by atoms with Crippen molar-refractivity contribution in [3.8, 4) is 0 Å². The number of halogens is 1. The highest BCUT2D eigenvalue weighted by Gasteiger charge is 2.35. The van der Waals surface area contributed by atoms with Gasteiger partial charge in [0.2, 0.25) is 0 Å². The van der Waals surface area contributed by atoms with Gasteiger partial charge < -0.3 is 14.0 Å². The van der Waals surface area contributed by atoms with Gasteiger partial charge in [-0.1, -0.05) is 72.0 Å². The quantitative estimate of drug-likeness (QED) is 0.240. The number of hydrogen-bond donors (Lipinski definition) is 0. The molecule has 0 amide bonds. The zero-order valence-corrected chi connectivity index (χ0v) is 24.8. The average Bonchev–Trinajstić information content (AvgIpc) is 3.53. The van der Waals surface area contributed by atoms with Crippen LogP contribution in [-0.4, -0.2) is 34.3 Å². The Morgan fingerprint density at radius 3 is 2.39 bits per heavy atom. The monoisotopic (exact) mass is 609 g/mol. The highest BCUT2D eigenvalue weighted by molar-refractivity contribution is 7.07. The molecule has 6 rings (SSSR count). The van der Waals surface area contributed by atoms with Crippen molar-refractivity contribution in [2.75, 3.05) is 13.2 Å². The first-order chi connectivity index (χ1) is 21.4. The van der Waals surface area contributed by atoms with E-state index in [0.29, 0.717) is 26.2 Å².